The molecule has 1 aromatic heterocycles. The SMILES string of the molecule is CCOc1cc2c(cc1/C=C(/C#N)C(=O)NCCc1c[nH]c3ccccc13)OCO2. The molecule has 30 heavy (non-hydrogen) atoms. The van der Waals surface area contributed by atoms with E-state index in [9.17, 15) is 10.1 Å². The zero-order valence-electron chi connectivity index (χ0n) is 16.5. The Morgan fingerprint density at radius 3 is 2.90 bits per heavy atom. The molecule has 2 N–H and O–H groups in total. The van der Waals surface area contributed by atoms with Gasteiger partial charge in [0.2, 0.25) is 6.79 Å². The summed E-state index contributed by atoms with van der Waals surface area (Å²) in [6.07, 6.45) is 4.11. The minimum Gasteiger partial charge on any atom is -0.493 e. The molecule has 1 aliphatic rings. The Bertz CT molecular complexity index is 1160. The lowest BCUT2D eigenvalue weighted by Gasteiger charge is -2.09. The smallest absolute Gasteiger partial charge is 0.261 e. The molecule has 0 fully saturated rings. The number of hydrogen-bond acceptors (Lipinski definition) is 5. The number of benzene rings is 2. The molecule has 4 rings (SSSR count). The second kappa shape index (κ2) is 8.62. The first kappa shape index (κ1) is 19.4. The molecule has 7 nitrogen and oxygen atoms in total. The van der Waals surface area contributed by atoms with E-state index >= 15 is 0 Å². The Labute approximate surface area is 173 Å². The van der Waals surface area contributed by atoms with Crippen LogP contribution in [0.3, 0.4) is 0 Å². The standard InChI is InChI=1S/C23H21N3O4/c1-2-28-20-11-22-21(29-14-30-22)10-16(20)9-17(12-24)23(27)25-8-7-15-13-26-19-6-4-3-5-18(15)19/h3-6,9-11,13,26H,2,7-8,14H2,1H3,(H,25,27)/b17-9-. The molecule has 0 radical (unpaired) electrons. The van der Waals surface area contributed by atoms with Crippen molar-refractivity contribution < 1.29 is 19.0 Å². The van der Waals surface area contributed by atoms with Crippen LogP contribution in [-0.2, 0) is 11.2 Å². The highest BCUT2D eigenvalue weighted by molar-refractivity contribution is 6.02. The van der Waals surface area contributed by atoms with Crippen molar-refractivity contribution in [1.82, 2.24) is 10.3 Å². The summed E-state index contributed by atoms with van der Waals surface area (Å²) in [5, 5.41) is 13.5. The first-order valence-corrected chi connectivity index (χ1v) is 9.71. The molecule has 0 saturated carbocycles. The zero-order chi connectivity index (χ0) is 20.9. The molecule has 0 atom stereocenters. The Morgan fingerprint density at radius 2 is 2.10 bits per heavy atom. The lowest BCUT2D eigenvalue weighted by molar-refractivity contribution is -0.117. The minimum atomic E-state index is -0.433. The fourth-order valence-electron chi connectivity index (χ4n) is 3.38. The number of carbonyl (C=O) groups is 1. The number of fused-ring (bicyclic) bond motifs is 2. The van der Waals surface area contributed by atoms with Crippen molar-refractivity contribution in [1.29, 1.82) is 5.26 Å². The average Bonchev–Trinajstić information content (AvgIpc) is 3.38. The molecule has 1 aliphatic heterocycles. The monoisotopic (exact) mass is 403 g/mol. The number of nitrogens with one attached hydrogen (secondary N) is 2. The fourth-order valence-corrected chi connectivity index (χ4v) is 3.38. The van der Waals surface area contributed by atoms with E-state index in [1.54, 1.807) is 12.1 Å². The lowest BCUT2D eigenvalue weighted by Crippen LogP contribution is -2.26. The number of ether oxygens (including phenoxy) is 3. The van der Waals surface area contributed by atoms with Crippen LogP contribution in [0.2, 0.25) is 0 Å². The number of carbonyl (C=O) groups excluding carboxylic acids is 1. The summed E-state index contributed by atoms with van der Waals surface area (Å²) in [7, 11) is 0. The molecule has 7 heteroatoms. The van der Waals surface area contributed by atoms with Gasteiger partial charge in [0.15, 0.2) is 11.5 Å². The average molecular weight is 403 g/mol. The van der Waals surface area contributed by atoms with Crippen LogP contribution in [-0.4, -0.2) is 30.8 Å². The third-order valence-electron chi connectivity index (χ3n) is 4.82. The number of amides is 1. The van der Waals surface area contributed by atoms with Crippen molar-refractivity contribution >= 4 is 22.9 Å². The van der Waals surface area contributed by atoms with Crippen LogP contribution in [0.5, 0.6) is 17.2 Å². The van der Waals surface area contributed by atoms with Gasteiger partial charge in [0.1, 0.15) is 17.4 Å². The van der Waals surface area contributed by atoms with Crippen molar-refractivity contribution in [3.63, 3.8) is 0 Å². The number of nitriles is 1. The van der Waals surface area contributed by atoms with Crippen molar-refractivity contribution in [2.45, 2.75) is 13.3 Å². The van der Waals surface area contributed by atoms with Gasteiger partial charge in [-0.25, -0.2) is 0 Å². The molecular weight excluding hydrogens is 382 g/mol. The molecule has 2 aromatic carbocycles. The predicted octanol–water partition coefficient (Wildman–Crippen LogP) is 3.56. The van der Waals surface area contributed by atoms with E-state index in [0.717, 1.165) is 16.5 Å². The van der Waals surface area contributed by atoms with Gasteiger partial charge in [-0.3, -0.25) is 4.79 Å². The van der Waals surface area contributed by atoms with Crippen LogP contribution in [0.15, 0.2) is 48.2 Å². The number of hydrogen-bond donors (Lipinski definition) is 2. The van der Waals surface area contributed by atoms with E-state index in [-0.39, 0.29) is 12.4 Å². The first-order chi connectivity index (χ1) is 14.7. The van der Waals surface area contributed by atoms with Gasteiger partial charge in [-0.15, -0.1) is 0 Å². The van der Waals surface area contributed by atoms with Crippen molar-refractivity contribution in [3.8, 4) is 23.3 Å². The minimum absolute atomic E-state index is 0.00579. The van der Waals surface area contributed by atoms with Gasteiger partial charge in [-0.05, 0) is 37.1 Å². The predicted molar refractivity (Wildman–Crippen MR) is 112 cm³/mol. The number of nitrogens with zero attached hydrogens (tertiary/aromatic N) is 1. The summed E-state index contributed by atoms with van der Waals surface area (Å²) in [4.78, 5) is 15.8. The third kappa shape index (κ3) is 3.94. The van der Waals surface area contributed by atoms with E-state index in [1.807, 2.05) is 43.5 Å². The molecule has 2 heterocycles. The Morgan fingerprint density at radius 1 is 1.30 bits per heavy atom. The molecule has 0 saturated heterocycles. The van der Waals surface area contributed by atoms with E-state index in [0.29, 0.717) is 42.4 Å². The van der Waals surface area contributed by atoms with Crippen LogP contribution in [0.4, 0.5) is 0 Å². The quantitative estimate of drug-likeness (QED) is 0.464. The zero-order valence-corrected chi connectivity index (χ0v) is 16.5. The summed E-state index contributed by atoms with van der Waals surface area (Å²) in [6.45, 7) is 2.85. The second-order valence-electron chi connectivity index (χ2n) is 6.71. The summed E-state index contributed by atoms with van der Waals surface area (Å²) in [6, 6.07) is 13.4. The largest absolute Gasteiger partial charge is 0.493 e. The Balaban J connectivity index is 1.47. The van der Waals surface area contributed by atoms with Crippen LogP contribution in [0, 0.1) is 11.3 Å². The summed E-state index contributed by atoms with van der Waals surface area (Å²) in [5.41, 5.74) is 2.75. The van der Waals surface area contributed by atoms with Gasteiger partial charge in [0.05, 0.1) is 6.61 Å². The number of H-pyrrole nitrogens is 1. The number of rotatable bonds is 7. The normalized spacial score (nSPS) is 12.6. The molecule has 3 aromatic rings. The highest BCUT2D eigenvalue weighted by atomic mass is 16.7. The lowest BCUT2D eigenvalue weighted by atomic mass is 10.1. The number of para-hydroxylation sites is 1. The first-order valence-electron chi connectivity index (χ1n) is 9.71. The summed E-state index contributed by atoms with van der Waals surface area (Å²) >= 11 is 0. The van der Waals surface area contributed by atoms with Gasteiger partial charge in [-0.2, -0.15) is 5.26 Å². The van der Waals surface area contributed by atoms with Crippen molar-refractivity contribution in [3.05, 3.63) is 59.3 Å². The van der Waals surface area contributed by atoms with Crippen LogP contribution in [0.25, 0.3) is 17.0 Å². The molecule has 0 unspecified atom stereocenters. The van der Waals surface area contributed by atoms with Gasteiger partial charge < -0.3 is 24.5 Å². The topological polar surface area (TPSA) is 96.4 Å². The maximum atomic E-state index is 12.6. The molecule has 0 spiro atoms. The van der Waals surface area contributed by atoms with Crippen molar-refractivity contribution in [2.24, 2.45) is 0 Å². The summed E-state index contributed by atoms with van der Waals surface area (Å²) in [5.74, 6) is 1.23. The maximum absolute atomic E-state index is 12.6. The maximum Gasteiger partial charge on any atom is 0.261 e. The molecular formula is C23H21N3O4. The second-order valence-corrected chi connectivity index (χ2v) is 6.71. The van der Waals surface area contributed by atoms with E-state index < -0.39 is 5.91 Å². The molecule has 0 aliphatic carbocycles. The number of aromatic amines is 1. The molecule has 152 valence electrons. The number of aromatic nitrogens is 1. The van der Waals surface area contributed by atoms with E-state index in [1.165, 1.54) is 6.08 Å². The highest BCUT2D eigenvalue weighted by Crippen LogP contribution is 2.39. The molecule has 0 bridgehead atoms. The van der Waals surface area contributed by atoms with Crippen LogP contribution in [0.1, 0.15) is 18.1 Å². The van der Waals surface area contributed by atoms with E-state index in [4.69, 9.17) is 14.2 Å². The molecule has 1 amide bonds. The third-order valence-corrected chi connectivity index (χ3v) is 4.82. The van der Waals surface area contributed by atoms with Gasteiger partial charge in [0.25, 0.3) is 5.91 Å². The van der Waals surface area contributed by atoms with Crippen LogP contribution >= 0.6 is 0 Å². The van der Waals surface area contributed by atoms with E-state index in [2.05, 4.69) is 10.3 Å². The Hall–Kier alpha value is -3.92. The summed E-state index contributed by atoms with van der Waals surface area (Å²) < 4.78 is 16.4. The van der Waals surface area contributed by atoms with Gasteiger partial charge >= 0.3 is 0 Å². The highest BCUT2D eigenvalue weighted by Gasteiger charge is 2.19. The van der Waals surface area contributed by atoms with Gasteiger partial charge in [-0.1, -0.05) is 18.2 Å². The Kier molecular flexibility index (Phi) is 5.57. The van der Waals surface area contributed by atoms with Crippen molar-refractivity contribution in [2.75, 3.05) is 19.9 Å². The van der Waals surface area contributed by atoms with Crippen LogP contribution < -0.4 is 19.5 Å². The fraction of sp³-hybridized carbons (Fsp3) is 0.217. The van der Waals surface area contributed by atoms with Gasteiger partial charge in [0, 0.05) is 35.3 Å².